The highest BCUT2D eigenvalue weighted by Gasteiger charge is 2.34. The van der Waals surface area contributed by atoms with Crippen LogP contribution in [-0.4, -0.2) is 23.7 Å². The van der Waals surface area contributed by atoms with Crippen molar-refractivity contribution in [1.82, 2.24) is 4.98 Å². The summed E-state index contributed by atoms with van der Waals surface area (Å²) in [6.45, 7) is 8.45. The number of ether oxygens (including phenoxy) is 1. The number of alkyl halides is 1. The number of aromatic nitrogens is 1. The predicted molar refractivity (Wildman–Crippen MR) is 95.8 cm³/mol. The summed E-state index contributed by atoms with van der Waals surface area (Å²) in [5.41, 5.74) is -0.805. The lowest BCUT2D eigenvalue weighted by molar-refractivity contribution is 0.221. The molecule has 2 heterocycles. The first-order valence-corrected chi connectivity index (χ1v) is 8.52. The minimum Gasteiger partial charge on any atom is -0.457 e. The van der Waals surface area contributed by atoms with Gasteiger partial charge in [0.25, 0.3) is 0 Å². The Labute approximate surface area is 147 Å². The van der Waals surface area contributed by atoms with Gasteiger partial charge in [-0.2, -0.15) is 0 Å². The minimum atomic E-state index is -1.19. The molecule has 2 aromatic rings. The fourth-order valence-electron chi connectivity index (χ4n) is 3.06. The topological polar surface area (TPSA) is 25.4 Å². The highest BCUT2D eigenvalue weighted by Crippen LogP contribution is 2.32. The van der Waals surface area contributed by atoms with Gasteiger partial charge in [-0.1, -0.05) is 26.8 Å². The van der Waals surface area contributed by atoms with E-state index in [0.29, 0.717) is 42.4 Å². The third-order valence-electron chi connectivity index (χ3n) is 4.45. The zero-order valence-corrected chi connectivity index (χ0v) is 15.1. The molecule has 3 nitrogen and oxygen atoms in total. The Bertz CT molecular complexity index is 769. The second-order valence-corrected chi connectivity index (χ2v) is 7.93. The molecule has 25 heavy (non-hydrogen) atoms. The van der Waals surface area contributed by atoms with Crippen molar-refractivity contribution in [2.24, 2.45) is 0 Å². The Morgan fingerprint density at radius 2 is 1.88 bits per heavy atom. The van der Waals surface area contributed by atoms with E-state index < -0.39 is 5.67 Å². The summed E-state index contributed by atoms with van der Waals surface area (Å²) < 4.78 is 34.1. The normalized spacial score (nSPS) is 20.8. The molecule has 1 aromatic heterocycles. The molecule has 1 aromatic carbocycles. The number of benzene rings is 1. The summed E-state index contributed by atoms with van der Waals surface area (Å²) in [5, 5.41) is 0. The van der Waals surface area contributed by atoms with Crippen molar-refractivity contribution in [3.8, 4) is 11.5 Å². The van der Waals surface area contributed by atoms with Gasteiger partial charge in [0.05, 0.1) is 6.54 Å². The quantitative estimate of drug-likeness (QED) is 0.759. The average molecular weight is 346 g/mol. The predicted octanol–water partition coefficient (Wildman–Crippen LogP) is 5.25. The Morgan fingerprint density at radius 3 is 2.48 bits per heavy atom. The van der Waals surface area contributed by atoms with Gasteiger partial charge in [-0.15, -0.1) is 0 Å². The van der Waals surface area contributed by atoms with E-state index in [1.807, 2.05) is 25.7 Å². The van der Waals surface area contributed by atoms with Crippen LogP contribution in [0.25, 0.3) is 0 Å². The van der Waals surface area contributed by atoms with Crippen molar-refractivity contribution >= 4 is 5.82 Å². The van der Waals surface area contributed by atoms with Crippen LogP contribution in [0, 0.1) is 5.82 Å². The van der Waals surface area contributed by atoms with Gasteiger partial charge in [0, 0.05) is 31.3 Å². The molecule has 1 aliphatic heterocycles. The molecule has 1 unspecified atom stereocenters. The molecular formula is C20H24F2N2O. The third kappa shape index (κ3) is 4.09. The summed E-state index contributed by atoms with van der Waals surface area (Å²) in [4.78, 5) is 6.20. The average Bonchev–Trinajstić information content (AvgIpc) is 2.86. The molecule has 0 amide bonds. The molecule has 1 fully saturated rings. The Hall–Kier alpha value is -2.17. The van der Waals surface area contributed by atoms with E-state index in [1.54, 1.807) is 37.4 Å². The SMILES string of the molecule is CC1(F)CCN(c2cc(Oc3ccc(C(C)(C)C)c(F)c3)ccn2)C1. The van der Waals surface area contributed by atoms with Gasteiger partial charge in [0.2, 0.25) is 0 Å². The molecule has 0 saturated carbocycles. The monoisotopic (exact) mass is 346 g/mol. The number of anilines is 1. The van der Waals surface area contributed by atoms with Crippen molar-refractivity contribution < 1.29 is 13.5 Å². The van der Waals surface area contributed by atoms with E-state index in [9.17, 15) is 8.78 Å². The van der Waals surface area contributed by atoms with Gasteiger partial charge in [-0.25, -0.2) is 13.8 Å². The van der Waals surface area contributed by atoms with Crippen molar-refractivity contribution in [3.05, 3.63) is 47.9 Å². The molecule has 1 atom stereocenters. The van der Waals surface area contributed by atoms with E-state index in [1.165, 1.54) is 6.07 Å². The third-order valence-corrected chi connectivity index (χ3v) is 4.45. The lowest BCUT2D eigenvalue weighted by Gasteiger charge is -2.20. The molecule has 0 spiro atoms. The first kappa shape index (κ1) is 17.6. The molecule has 1 aliphatic rings. The number of pyridine rings is 1. The van der Waals surface area contributed by atoms with Crippen molar-refractivity contribution in [2.75, 3.05) is 18.0 Å². The molecule has 134 valence electrons. The molecule has 1 saturated heterocycles. The molecule has 0 N–H and O–H groups in total. The number of hydrogen-bond acceptors (Lipinski definition) is 3. The standard InChI is InChI=1S/C20H24F2N2O/c1-19(2,3)16-6-5-14(11-17(16)21)25-15-7-9-23-18(12-15)24-10-8-20(4,22)13-24/h5-7,9,11-12H,8,10,13H2,1-4H3. The van der Waals surface area contributed by atoms with Crippen LogP contribution in [0.4, 0.5) is 14.6 Å². The molecule has 0 aliphatic carbocycles. The number of hydrogen-bond donors (Lipinski definition) is 0. The number of halogens is 2. The zero-order chi connectivity index (χ0) is 18.2. The maximum absolute atomic E-state index is 14.3. The number of nitrogens with zero attached hydrogens (tertiary/aromatic N) is 2. The summed E-state index contributed by atoms with van der Waals surface area (Å²) in [6.07, 6.45) is 2.11. The first-order valence-electron chi connectivity index (χ1n) is 8.52. The highest BCUT2D eigenvalue weighted by molar-refractivity contribution is 5.46. The van der Waals surface area contributed by atoms with E-state index in [4.69, 9.17) is 4.74 Å². The molecule has 0 bridgehead atoms. The van der Waals surface area contributed by atoms with E-state index >= 15 is 0 Å². The van der Waals surface area contributed by atoms with Crippen LogP contribution in [0.2, 0.25) is 0 Å². The smallest absolute Gasteiger partial charge is 0.132 e. The van der Waals surface area contributed by atoms with E-state index in [0.717, 1.165) is 0 Å². The fourth-order valence-corrected chi connectivity index (χ4v) is 3.06. The largest absolute Gasteiger partial charge is 0.457 e. The van der Waals surface area contributed by atoms with Gasteiger partial charge in [0.1, 0.15) is 28.8 Å². The summed E-state index contributed by atoms with van der Waals surface area (Å²) in [7, 11) is 0. The Balaban J connectivity index is 1.78. The van der Waals surface area contributed by atoms with Crippen LogP contribution in [0.15, 0.2) is 36.5 Å². The van der Waals surface area contributed by atoms with E-state index in [2.05, 4.69) is 4.98 Å². The summed E-state index contributed by atoms with van der Waals surface area (Å²) >= 11 is 0. The first-order chi connectivity index (χ1) is 11.6. The fraction of sp³-hybridized carbons (Fsp3) is 0.450. The van der Waals surface area contributed by atoms with Crippen LogP contribution in [0.3, 0.4) is 0 Å². The van der Waals surface area contributed by atoms with Gasteiger partial charge in [-0.05, 0) is 30.0 Å². The molecule has 5 heteroatoms. The van der Waals surface area contributed by atoms with Gasteiger partial charge >= 0.3 is 0 Å². The van der Waals surface area contributed by atoms with Crippen molar-refractivity contribution in [1.29, 1.82) is 0 Å². The maximum atomic E-state index is 14.3. The van der Waals surface area contributed by atoms with Gasteiger partial charge < -0.3 is 9.64 Å². The lowest BCUT2D eigenvalue weighted by atomic mass is 9.87. The molecule has 0 radical (unpaired) electrons. The summed E-state index contributed by atoms with van der Waals surface area (Å²) in [6, 6.07) is 8.38. The van der Waals surface area contributed by atoms with Crippen LogP contribution in [0.1, 0.15) is 39.7 Å². The Morgan fingerprint density at radius 1 is 1.16 bits per heavy atom. The zero-order valence-electron chi connectivity index (χ0n) is 15.1. The minimum absolute atomic E-state index is 0.263. The second-order valence-electron chi connectivity index (χ2n) is 7.93. The van der Waals surface area contributed by atoms with Crippen LogP contribution in [0.5, 0.6) is 11.5 Å². The van der Waals surface area contributed by atoms with Crippen molar-refractivity contribution in [2.45, 2.75) is 45.2 Å². The van der Waals surface area contributed by atoms with Crippen LogP contribution < -0.4 is 9.64 Å². The highest BCUT2D eigenvalue weighted by atomic mass is 19.1. The maximum Gasteiger partial charge on any atom is 0.132 e. The van der Waals surface area contributed by atoms with Gasteiger partial charge in [0.15, 0.2) is 0 Å². The Kier molecular flexibility index (Phi) is 4.43. The second kappa shape index (κ2) is 6.28. The summed E-state index contributed by atoms with van der Waals surface area (Å²) in [5.74, 6) is 1.37. The van der Waals surface area contributed by atoms with Crippen LogP contribution >= 0.6 is 0 Å². The molecular weight excluding hydrogens is 322 g/mol. The lowest BCUT2D eigenvalue weighted by Crippen LogP contribution is -2.26. The van der Waals surface area contributed by atoms with Crippen molar-refractivity contribution in [3.63, 3.8) is 0 Å². The number of rotatable bonds is 3. The van der Waals surface area contributed by atoms with Gasteiger partial charge in [-0.3, -0.25) is 0 Å². The molecule has 3 rings (SSSR count). The van der Waals surface area contributed by atoms with E-state index in [-0.39, 0.29) is 11.2 Å². The van der Waals surface area contributed by atoms with Crippen LogP contribution in [-0.2, 0) is 5.41 Å².